The molecule has 0 fully saturated rings. The minimum atomic E-state index is -2.93. The molecule has 0 saturated heterocycles. The summed E-state index contributed by atoms with van der Waals surface area (Å²) in [6.45, 7) is 5.95. The van der Waals surface area contributed by atoms with Gasteiger partial charge in [0, 0.05) is 18.3 Å². The summed E-state index contributed by atoms with van der Waals surface area (Å²) in [6, 6.07) is -0.0638. The second-order valence-electron chi connectivity index (χ2n) is 3.60. The molecule has 0 aromatic heterocycles. The van der Waals surface area contributed by atoms with Crippen LogP contribution in [-0.2, 0) is 19.4 Å². The number of esters is 1. The van der Waals surface area contributed by atoms with Crippen molar-refractivity contribution in [3.8, 4) is 0 Å². The van der Waals surface area contributed by atoms with Gasteiger partial charge in [0.2, 0.25) is 0 Å². The molecule has 0 heterocycles. The lowest BCUT2D eigenvalue weighted by Crippen LogP contribution is -2.33. The van der Waals surface area contributed by atoms with Crippen molar-refractivity contribution >= 4 is 15.8 Å². The molecule has 0 radical (unpaired) electrons. The van der Waals surface area contributed by atoms with Crippen LogP contribution >= 0.6 is 0 Å². The van der Waals surface area contributed by atoms with Crippen molar-refractivity contribution in [3.63, 3.8) is 0 Å². The molecule has 0 aromatic rings. The number of carbonyl (C=O) groups is 1. The van der Waals surface area contributed by atoms with E-state index in [2.05, 4.69) is 5.32 Å². The molecule has 0 aromatic carbocycles. The smallest absolute Gasteiger partial charge is 0.307 e. The molecule has 5 nitrogen and oxygen atoms in total. The molecule has 1 N–H and O–H groups in total. The van der Waals surface area contributed by atoms with Gasteiger partial charge < -0.3 is 10.1 Å². The van der Waals surface area contributed by atoms with Crippen LogP contribution in [0.4, 0.5) is 0 Å². The molecule has 1 unspecified atom stereocenters. The molecule has 16 heavy (non-hydrogen) atoms. The van der Waals surface area contributed by atoms with Gasteiger partial charge in [0.1, 0.15) is 0 Å². The first kappa shape index (κ1) is 15.4. The Labute approximate surface area is 97.5 Å². The lowest BCUT2D eigenvalue weighted by Gasteiger charge is -2.12. The van der Waals surface area contributed by atoms with E-state index in [9.17, 15) is 13.2 Å². The van der Waals surface area contributed by atoms with E-state index in [0.29, 0.717) is 13.2 Å². The monoisotopic (exact) mass is 251 g/mol. The minimum Gasteiger partial charge on any atom is -0.466 e. The highest BCUT2D eigenvalue weighted by Gasteiger charge is 2.11. The molecule has 0 amide bonds. The number of carbonyl (C=O) groups excluding carboxylic acids is 1. The quantitative estimate of drug-likeness (QED) is 0.630. The van der Waals surface area contributed by atoms with Crippen molar-refractivity contribution in [2.45, 2.75) is 33.2 Å². The molecule has 0 saturated carbocycles. The SMILES string of the molecule is CCOC(=O)CC(C)NCCS(=O)(=O)CC. The normalized spacial score (nSPS) is 13.4. The summed E-state index contributed by atoms with van der Waals surface area (Å²) in [7, 11) is -2.93. The van der Waals surface area contributed by atoms with Crippen molar-refractivity contribution in [1.29, 1.82) is 0 Å². The lowest BCUT2D eigenvalue weighted by molar-refractivity contribution is -0.143. The van der Waals surface area contributed by atoms with Gasteiger partial charge in [-0.05, 0) is 13.8 Å². The van der Waals surface area contributed by atoms with Crippen LogP contribution in [0.15, 0.2) is 0 Å². The number of nitrogens with one attached hydrogen (secondary N) is 1. The topological polar surface area (TPSA) is 72.5 Å². The van der Waals surface area contributed by atoms with E-state index in [-0.39, 0.29) is 29.9 Å². The van der Waals surface area contributed by atoms with E-state index in [0.717, 1.165) is 0 Å². The summed E-state index contributed by atoms with van der Waals surface area (Å²) in [6.07, 6.45) is 0.264. The first-order valence-corrected chi connectivity index (χ1v) is 7.32. The number of hydrogen-bond acceptors (Lipinski definition) is 5. The fourth-order valence-electron chi connectivity index (χ4n) is 1.15. The Morgan fingerprint density at radius 3 is 2.50 bits per heavy atom. The van der Waals surface area contributed by atoms with Crippen molar-refractivity contribution in [1.82, 2.24) is 5.32 Å². The fraction of sp³-hybridized carbons (Fsp3) is 0.900. The van der Waals surface area contributed by atoms with Crippen LogP contribution in [-0.4, -0.2) is 45.1 Å². The first-order chi connectivity index (χ1) is 7.41. The third kappa shape index (κ3) is 7.64. The number of hydrogen-bond donors (Lipinski definition) is 1. The Morgan fingerprint density at radius 1 is 1.38 bits per heavy atom. The Bertz CT molecular complexity index is 300. The van der Waals surface area contributed by atoms with Gasteiger partial charge in [-0.25, -0.2) is 8.42 Å². The molecule has 0 aliphatic carbocycles. The van der Waals surface area contributed by atoms with Crippen molar-refractivity contribution in [3.05, 3.63) is 0 Å². The van der Waals surface area contributed by atoms with E-state index >= 15 is 0 Å². The standard InChI is InChI=1S/C10H21NO4S/c1-4-15-10(12)8-9(3)11-6-7-16(13,14)5-2/h9,11H,4-8H2,1-3H3. The number of rotatable bonds is 8. The van der Waals surface area contributed by atoms with Crippen LogP contribution in [0.5, 0.6) is 0 Å². The van der Waals surface area contributed by atoms with E-state index in [1.54, 1.807) is 13.8 Å². The fourth-order valence-corrected chi connectivity index (χ4v) is 1.86. The van der Waals surface area contributed by atoms with Crippen LogP contribution < -0.4 is 5.32 Å². The van der Waals surface area contributed by atoms with Crippen LogP contribution in [0.3, 0.4) is 0 Å². The van der Waals surface area contributed by atoms with E-state index in [1.165, 1.54) is 0 Å². The van der Waals surface area contributed by atoms with Crippen molar-refractivity contribution < 1.29 is 17.9 Å². The Balaban J connectivity index is 3.74. The van der Waals surface area contributed by atoms with E-state index < -0.39 is 9.84 Å². The molecular formula is C10H21NO4S. The Morgan fingerprint density at radius 2 is 2.00 bits per heavy atom. The van der Waals surface area contributed by atoms with Gasteiger partial charge in [0.15, 0.2) is 9.84 Å². The molecule has 0 rings (SSSR count). The van der Waals surface area contributed by atoms with Gasteiger partial charge in [-0.2, -0.15) is 0 Å². The number of ether oxygens (including phenoxy) is 1. The maximum atomic E-state index is 11.2. The highest BCUT2D eigenvalue weighted by atomic mass is 32.2. The van der Waals surface area contributed by atoms with Gasteiger partial charge in [0.05, 0.1) is 18.8 Å². The summed E-state index contributed by atoms with van der Waals surface area (Å²) in [5.74, 6) is -0.00159. The van der Waals surface area contributed by atoms with Crippen molar-refractivity contribution in [2.75, 3.05) is 24.7 Å². The molecule has 0 aliphatic heterocycles. The van der Waals surface area contributed by atoms with Crippen LogP contribution in [0.2, 0.25) is 0 Å². The zero-order valence-electron chi connectivity index (χ0n) is 10.2. The minimum absolute atomic E-state index is 0.0638. The average Bonchev–Trinajstić information content (AvgIpc) is 2.17. The van der Waals surface area contributed by atoms with Crippen LogP contribution in [0.1, 0.15) is 27.2 Å². The average molecular weight is 251 g/mol. The third-order valence-corrected chi connectivity index (χ3v) is 3.83. The van der Waals surface area contributed by atoms with E-state index in [1.807, 2.05) is 6.92 Å². The number of sulfone groups is 1. The van der Waals surface area contributed by atoms with Crippen LogP contribution in [0, 0.1) is 0 Å². The van der Waals surface area contributed by atoms with Gasteiger partial charge in [-0.15, -0.1) is 0 Å². The van der Waals surface area contributed by atoms with E-state index in [4.69, 9.17) is 4.74 Å². The summed E-state index contributed by atoms with van der Waals surface area (Å²) < 4.78 is 27.1. The molecule has 0 aliphatic rings. The maximum absolute atomic E-state index is 11.2. The summed E-state index contributed by atoms with van der Waals surface area (Å²) in [5, 5.41) is 2.98. The summed E-state index contributed by atoms with van der Waals surface area (Å²) in [5.41, 5.74) is 0. The molecule has 6 heteroatoms. The predicted octanol–water partition coefficient (Wildman–Crippen LogP) is 0.352. The first-order valence-electron chi connectivity index (χ1n) is 5.50. The molecule has 1 atom stereocenters. The lowest BCUT2D eigenvalue weighted by atomic mass is 10.2. The van der Waals surface area contributed by atoms with Gasteiger partial charge in [-0.1, -0.05) is 6.92 Å². The zero-order chi connectivity index (χ0) is 12.6. The molecule has 0 spiro atoms. The highest BCUT2D eigenvalue weighted by Crippen LogP contribution is 1.95. The predicted molar refractivity (Wildman–Crippen MR) is 63.0 cm³/mol. The largest absolute Gasteiger partial charge is 0.466 e. The van der Waals surface area contributed by atoms with Crippen LogP contribution in [0.25, 0.3) is 0 Å². The summed E-state index contributed by atoms with van der Waals surface area (Å²) in [4.78, 5) is 11.1. The zero-order valence-corrected chi connectivity index (χ0v) is 11.0. The Hall–Kier alpha value is -0.620. The van der Waals surface area contributed by atoms with Gasteiger partial charge in [-0.3, -0.25) is 4.79 Å². The Kier molecular flexibility index (Phi) is 7.33. The van der Waals surface area contributed by atoms with Gasteiger partial charge in [0.25, 0.3) is 0 Å². The second kappa shape index (κ2) is 7.62. The maximum Gasteiger partial charge on any atom is 0.307 e. The molecular weight excluding hydrogens is 230 g/mol. The molecule has 96 valence electrons. The summed E-state index contributed by atoms with van der Waals surface area (Å²) >= 11 is 0. The highest BCUT2D eigenvalue weighted by molar-refractivity contribution is 7.91. The second-order valence-corrected chi connectivity index (χ2v) is 6.07. The third-order valence-electron chi connectivity index (χ3n) is 2.12. The molecule has 0 bridgehead atoms. The van der Waals surface area contributed by atoms with Crippen molar-refractivity contribution in [2.24, 2.45) is 0 Å². The van der Waals surface area contributed by atoms with Gasteiger partial charge >= 0.3 is 5.97 Å².